The Hall–Kier alpha value is -1.32. The molecule has 0 saturated carbocycles. The lowest BCUT2D eigenvalue weighted by Gasteiger charge is -2.23. The van der Waals surface area contributed by atoms with Crippen LogP contribution in [-0.2, 0) is 12.8 Å². The maximum atomic E-state index is 10.6. The van der Waals surface area contributed by atoms with Crippen LogP contribution in [0.1, 0.15) is 24.5 Å². The van der Waals surface area contributed by atoms with Crippen LogP contribution < -0.4 is 4.74 Å². The van der Waals surface area contributed by atoms with E-state index in [1.807, 2.05) is 43.3 Å². The van der Waals surface area contributed by atoms with Crippen molar-refractivity contribution >= 4 is 15.9 Å². The average molecular weight is 349 g/mol. The normalized spacial score (nSPS) is 13.7. The molecule has 1 unspecified atom stereocenters. The van der Waals surface area contributed by atoms with Gasteiger partial charge in [-0.15, -0.1) is 0 Å². The van der Waals surface area contributed by atoms with Gasteiger partial charge in [0.15, 0.2) is 0 Å². The van der Waals surface area contributed by atoms with Gasteiger partial charge < -0.3 is 9.84 Å². The molecule has 21 heavy (non-hydrogen) atoms. The van der Waals surface area contributed by atoms with E-state index >= 15 is 0 Å². The lowest BCUT2D eigenvalue weighted by atomic mass is 9.90. The molecule has 2 nitrogen and oxygen atoms in total. The highest BCUT2D eigenvalue weighted by molar-refractivity contribution is 9.10. The zero-order chi connectivity index (χ0) is 15.3. The summed E-state index contributed by atoms with van der Waals surface area (Å²) in [7, 11) is 1.66. The molecule has 2 aromatic rings. The second kappa shape index (κ2) is 7.10. The van der Waals surface area contributed by atoms with Crippen LogP contribution in [0.15, 0.2) is 53.0 Å². The number of aliphatic hydroxyl groups is 1. The van der Waals surface area contributed by atoms with Crippen molar-refractivity contribution in [2.45, 2.75) is 31.8 Å². The first-order chi connectivity index (χ1) is 9.98. The van der Waals surface area contributed by atoms with Crippen molar-refractivity contribution in [3.63, 3.8) is 0 Å². The summed E-state index contributed by atoms with van der Waals surface area (Å²) in [5.74, 6) is 0.861. The van der Waals surface area contributed by atoms with E-state index in [2.05, 4.69) is 28.1 Å². The zero-order valence-electron chi connectivity index (χ0n) is 12.5. The third kappa shape index (κ3) is 5.18. The van der Waals surface area contributed by atoms with Crippen molar-refractivity contribution in [3.05, 3.63) is 64.1 Å². The van der Waals surface area contributed by atoms with Gasteiger partial charge in [-0.25, -0.2) is 0 Å². The molecule has 0 spiro atoms. The minimum Gasteiger partial charge on any atom is -0.497 e. The minimum absolute atomic E-state index is 0.663. The number of rotatable bonds is 6. The highest BCUT2D eigenvalue weighted by Crippen LogP contribution is 2.22. The second-order valence-electron chi connectivity index (χ2n) is 5.65. The van der Waals surface area contributed by atoms with Crippen LogP contribution in [0.4, 0.5) is 0 Å². The molecular formula is C18H21BrO2. The molecule has 0 fully saturated rings. The number of hydrogen-bond acceptors (Lipinski definition) is 2. The lowest BCUT2D eigenvalue weighted by Crippen LogP contribution is -2.27. The van der Waals surface area contributed by atoms with Crippen molar-refractivity contribution in [2.75, 3.05) is 7.11 Å². The lowest BCUT2D eigenvalue weighted by molar-refractivity contribution is 0.0516. The largest absolute Gasteiger partial charge is 0.497 e. The Bertz CT molecular complexity index is 559. The van der Waals surface area contributed by atoms with Gasteiger partial charge in [-0.2, -0.15) is 0 Å². The maximum Gasteiger partial charge on any atom is 0.118 e. The van der Waals surface area contributed by atoms with Crippen molar-refractivity contribution in [1.82, 2.24) is 0 Å². The van der Waals surface area contributed by atoms with Gasteiger partial charge in [-0.05, 0) is 55.2 Å². The molecule has 0 aromatic heterocycles. The van der Waals surface area contributed by atoms with Crippen LogP contribution >= 0.6 is 15.9 Å². The minimum atomic E-state index is -0.701. The first kappa shape index (κ1) is 16.1. The monoisotopic (exact) mass is 348 g/mol. The Labute approximate surface area is 134 Å². The van der Waals surface area contributed by atoms with E-state index in [0.717, 1.165) is 28.6 Å². The van der Waals surface area contributed by atoms with E-state index in [9.17, 15) is 5.11 Å². The van der Waals surface area contributed by atoms with Crippen LogP contribution in [-0.4, -0.2) is 17.8 Å². The van der Waals surface area contributed by atoms with Crippen LogP contribution in [0, 0.1) is 0 Å². The van der Waals surface area contributed by atoms with Crippen LogP contribution in [0.3, 0.4) is 0 Å². The summed E-state index contributed by atoms with van der Waals surface area (Å²) in [6.07, 6.45) is 2.25. The van der Waals surface area contributed by atoms with Gasteiger partial charge in [0.25, 0.3) is 0 Å². The standard InChI is InChI=1S/C18H21BrO2/c1-18(20,13-15-3-7-16(19)8-4-15)12-11-14-5-9-17(21-2)10-6-14/h3-10,20H,11-13H2,1-2H3. The predicted octanol–water partition coefficient (Wildman–Crippen LogP) is 4.38. The van der Waals surface area contributed by atoms with Gasteiger partial charge in [0.05, 0.1) is 12.7 Å². The molecule has 3 heteroatoms. The number of halogens is 1. The summed E-state index contributed by atoms with van der Waals surface area (Å²) in [5.41, 5.74) is 1.66. The molecule has 2 rings (SSSR count). The van der Waals surface area contributed by atoms with Crippen LogP contribution in [0.25, 0.3) is 0 Å². The molecule has 1 N–H and O–H groups in total. The Morgan fingerprint density at radius 2 is 1.57 bits per heavy atom. The number of benzene rings is 2. The average Bonchev–Trinajstić information content (AvgIpc) is 2.48. The fourth-order valence-electron chi connectivity index (χ4n) is 2.34. The van der Waals surface area contributed by atoms with Crippen molar-refractivity contribution in [2.24, 2.45) is 0 Å². The molecule has 0 bridgehead atoms. The van der Waals surface area contributed by atoms with Crippen molar-refractivity contribution in [3.8, 4) is 5.75 Å². The molecule has 0 aliphatic rings. The Kier molecular flexibility index (Phi) is 5.43. The smallest absolute Gasteiger partial charge is 0.118 e. The first-order valence-corrected chi connectivity index (χ1v) is 7.87. The number of aryl methyl sites for hydroxylation is 1. The molecule has 0 aliphatic carbocycles. The number of methoxy groups -OCH3 is 1. The van der Waals surface area contributed by atoms with E-state index in [1.54, 1.807) is 7.11 Å². The Balaban J connectivity index is 1.92. The van der Waals surface area contributed by atoms with Crippen LogP contribution in [0.2, 0.25) is 0 Å². The highest BCUT2D eigenvalue weighted by atomic mass is 79.9. The van der Waals surface area contributed by atoms with Crippen molar-refractivity contribution in [1.29, 1.82) is 0 Å². The molecule has 1 atom stereocenters. The summed E-state index contributed by atoms with van der Waals surface area (Å²) in [6.45, 7) is 1.90. The molecule has 0 aliphatic heterocycles. The summed E-state index contributed by atoms with van der Waals surface area (Å²) >= 11 is 3.43. The maximum absolute atomic E-state index is 10.6. The molecular weight excluding hydrogens is 328 g/mol. The van der Waals surface area contributed by atoms with Gasteiger partial charge in [-0.1, -0.05) is 40.2 Å². The Morgan fingerprint density at radius 3 is 2.14 bits per heavy atom. The van der Waals surface area contributed by atoms with E-state index < -0.39 is 5.60 Å². The van der Waals surface area contributed by atoms with Gasteiger partial charge >= 0.3 is 0 Å². The third-order valence-corrected chi connectivity index (χ3v) is 4.14. The molecule has 0 amide bonds. The summed E-state index contributed by atoms with van der Waals surface area (Å²) in [4.78, 5) is 0. The first-order valence-electron chi connectivity index (χ1n) is 7.08. The van der Waals surface area contributed by atoms with Gasteiger partial charge in [0.1, 0.15) is 5.75 Å². The molecule has 0 saturated heterocycles. The topological polar surface area (TPSA) is 29.5 Å². The number of ether oxygens (including phenoxy) is 1. The van der Waals surface area contributed by atoms with E-state index in [1.165, 1.54) is 5.56 Å². The highest BCUT2D eigenvalue weighted by Gasteiger charge is 2.20. The van der Waals surface area contributed by atoms with Gasteiger partial charge in [0, 0.05) is 10.9 Å². The fraction of sp³-hybridized carbons (Fsp3) is 0.333. The van der Waals surface area contributed by atoms with Crippen LogP contribution in [0.5, 0.6) is 5.75 Å². The predicted molar refractivity (Wildman–Crippen MR) is 89.8 cm³/mol. The van der Waals surface area contributed by atoms with Crippen molar-refractivity contribution < 1.29 is 9.84 Å². The molecule has 2 aromatic carbocycles. The molecule has 0 radical (unpaired) electrons. The van der Waals surface area contributed by atoms with Gasteiger partial charge in [-0.3, -0.25) is 0 Å². The second-order valence-corrected chi connectivity index (χ2v) is 6.56. The summed E-state index contributed by atoms with van der Waals surface area (Å²) < 4.78 is 6.21. The SMILES string of the molecule is COc1ccc(CCC(C)(O)Cc2ccc(Br)cc2)cc1. The summed E-state index contributed by atoms with van der Waals surface area (Å²) in [5, 5.41) is 10.6. The quantitative estimate of drug-likeness (QED) is 0.838. The van der Waals surface area contributed by atoms with E-state index in [4.69, 9.17) is 4.74 Å². The van der Waals surface area contributed by atoms with E-state index in [0.29, 0.717) is 6.42 Å². The molecule has 112 valence electrons. The molecule has 0 heterocycles. The zero-order valence-corrected chi connectivity index (χ0v) is 14.1. The van der Waals surface area contributed by atoms with E-state index in [-0.39, 0.29) is 0 Å². The van der Waals surface area contributed by atoms with Gasteiger partial charge in [0.2, 0.25) is 0 Å². The third-order valence-electron chi connectivity index (χ3n) is 3.61. The Morgan fingerprint density at radius 1 is 1.00 bits per heavy atom. The fourth-order valence-corrected chi connectivity index (χ4v) is 2.60. The number of hydrogen-bond donors (Lipinski definition) is 1. The summed E-state index contributed by atoms with van der Waals surface area (Å²) in [6, 6.07) is 16.1.